The lowest BCUT2D eigenvalue weighted by atomic mass is 9.67. The molecule has 1 spiro atoms. The van der Waals surface area contributed by atoms with Crippen molar-refractivity contribution in [3.05, 3.63) is 46.5 Å². The molecule has 0 amide bonds. The predicted octanol–water partition coefficient (Wildman–Crippen LogP) is 3.82. The van der Waals surface area contributed by atoms with E-state index < -0.39 is 23.3 Å². The summed E-state index contributed by atoms with van der Waals surface area (Å²) in [4.78, 5) is 24.8. The first-order valence-corrected chi connectivity index (χ1v) is 8.39. The van der Waals surface area contributed by atoms with Crippen molar-refractivity contribution in [1.29, 1.82) is 0 Å². The van der Waals surface area contributed by atoms with Gasteiger partial charge >= 0.3 is 11.9 Å². The molecule has 2 heterocycles. The smallest absolute Gasteiger partial charge is 0.374 e. The van der Waals surface area contributed by atoms with Gasteiger partial charge in [-0.1, -0.05) is 22.0 Å². The highest BCUT2D eigenvalue weighted by Crippen LogP contribution is 2.54. The molecule has 1 aromatic heterocycles. The van der Waals surface area contributed by atoms with Crippen LogP contribution in [0.3, 0.4) is 0 Å². The monoisotopic (exact) mass is 380 g/mol. The Labute approximate surface area is 142 Å². The number of esters is 2. The maximum atomic E-state index is 12.8. The van der Waals surface area contributed by atoms with Crippen LogP contribution in [-0.2, 0) is 19.1 Å². The third kappa shape index (κ3) is 2.65. The van der Waals surface area contributed by atoms with Crippen molar-refractivity contribution in [3.8, 4) is 0 Å². The highest BCUT2D eigenvalue weighted by molar-refractivity contribution is 9.11. The number of cyclic esters (lactones) is 1. The van der Waals surface area contributed by atoms with Crippen LogP contribution >= 0.6 is 15.9 Å². The van der Waals surface area contributed by atoms with Gasteiger partial charge in [0.25, 0.3) is 0 Å². The molecule has 23 heavy (non-hydrogen) atoms. The molecule has 2 atom stereocenters. The second kappa shape index (κ2) is 6.35. The average Bonchev–Trinajstić information content (AvgIpc) is 3.06. The van der Waals surface area contributed by atoms with Crippen LogP contribution < -0.4 is 0 Å². The second-order valence-electron chi connectivity index (χ2n) is 5.55. The molecule has 122 valence electrons. The van der Waals surface area contributed by atoms with Gasteiger partial charge in [-0.3, -0.25) is 4.79 Å². The highest BCUT2D eigenvalue weighted by Gasteiger charge is 2.54. The van der Waals surface area contributed by atoms with Crippen molar-refractivity contribution in [2.75, 3.05) is 6.61 Å². The summed E-state index contributed by atoms with van der Waals surface area (Å²) in [5.74, 6) is -0.954. The Hall–Kier alpha value is -1.82. The van der Waals surface area contributed by atoms with E-state index in [9.17, 15) is 9.59 Å². The maximum absolute atomic E-state index is 12.8. The minimum Gasteiger partial charge on any atom is -0.469 e. The van der Waals surface area contributed by atoms with E-state index in [4.69, 9.17) is 13.9 Å². The van der Waals surface area contributed by atoms with Gasteiger partial charge < -0.3 is 13.9 Å². The summed E-state index contributed by atoms with van der Waals surface area (Å²) in [6, 6.07) is 3.57. The lowest BCUT2D eigenvalue weighted by molar-refractivity contribution is -0.160. The second-order valence-corrected chi connectivity index (χ2v) is 6.40. The van der Waals surface area contributed by atoms with Crippen LogP contribution in [0.1, 0.15) is 37.9 Å². The van der Waals surface area contributed by atoms with E-state index in [-0.39, 0.29) is 12.4 Å². The predicted molar refractivity (Wildman–Crippen MR) is 85.6 cm³/mol. The quantitative estimate of drug-likeness (QED) is 0.745. The van der Waals surface area contributed by atoms with E-state index in [2.05, 4.69) is 15.9 Å². The Balaban J connectivity index is 2.10. The van der Waals surface area contributed by atoms with E-state index >= 15 is 0 Å². The molecule has 0 fully saturated rings. The molecule has 6 heteroatoms. The number of allylic oxidation sites excluding steroid dienone is 2. The summed E-state index contributed by atoms with van der Waals surface area (Å²) >= 11 is 3.53. The van der Waals surface area contributed by atoms with E-state index in [1.807, 2.05) is 6.08 Å². The van der Waals surface area contributed by atoms with Crippen LogP contribution in [0.4, 0.5) is 0 Å². The number of ether oxygens (including phenoxy) is 2. The average molecular weight is 381 g/mol. The van der Waals surface area contributed by atoms with Gasteiger partial charge in [0.15, 0.2) is 0 Å². The normalized spacial score (nSPS) is 27.2. The zero-order valence-corrected chi connectivity index (χ0v) is 14.3. The standard InChI is InChI=1S/C17H17BrO5/c1-2-21-15(19)13-10-11(12-6-5-9-22-12)17(16(20)23-13)8-4-3-7-14(17)18/h5-7,9-11H,2-4,8H2,1H3/t11-,17+/m0/s1. The van der Waals surface area contributed by atoms with Crippen LogP contribution in [0, 0.1) is 5.41 Å². The summed E-state index contributed by atoms with van der Waals surface area (Å²) in [6.45, 7) is 1.92. The lowest BCUT2D eigenvalue weighted by Crippen LogP contribution is -2.43. The van der Waals surface area contributed by atoms with Gasteiger partial charge in [0.2, 0.25) is 5.76 Å². The molecule has 5 nitrogen and oxygen atoms in total. The van der Waals surface area contributed by atoms with E-state index in [0.717, 1.165) is 17.3 Å². The number of furan rings is 1. The largest absolute Gasteiger partial charge is 0.469 e. The molecule has 1 aliphatic carbocycles. The van der Waals surface area contributed by atoms with Crippen LogP contribution in [-0.4, -0.2) is 18.5 Å². The Morgan fingerprint density at radius 1 is 1.52 bits per heavy atom. The number of carbonyl (C=O) groups excluding carboxylic acids is 2. The van der Waals surface area contributed by atoms with Crippen LogP contribution in [0.2, 0.25) is 0 Å². The molecule has 0 aromatic carbocycles. The number of carbonyl (C=O) groups is 2. The number of hydrogen-bond donors (Lipinski definition) is 0. The Morgan fingerprint density at radius 2 is 2.35 bits per heavy atom. The maximum Gasteiger partial charge on any atom is 0.374 e. The lowest BCUT2D eigenvalue weighted by Gasteiger charge is -2.41. The summed E-state index contributed by atoms with van der Waals surface area (Å²) in [6.07, 6.45) is 7.57. The van der Waals surface area contributed by atoms with Gasteiger partial charge in [-0.15, -0.1) is 0 Å². The molecule has 0 N–H and O–H groups in total. The molecule has 0 saturated heterocycles. The zero-order chi connectivity index (χ0) is 16.4. The van der Waals surface area contributed by atoms with Crippen molar-refractivity contribution in [2.45, 2.75) is 32.1 Å². The fourth-order valence-corrected chi connectivity index (χ4v) is 4.00. The van der Waals surface area contributed by atoms with Crippen molar-refractivity contribution in [3.63, 3.8) is 0 Å². The van der Waals surface area contributed by atoms with Gasteiger partial charge in [0.05, 0.1) is 18.8 Å². The minimum absolute atomic E-state index is 0.0743. The number of hydrogen-bond acceptors (Lipinski definition) is 5. The Bertz CT molecular complexity index is 673. The SMILES string of the molecule is CCOC(=O)C1=C[C@@H](c2ccco2)[C@@]2(CCCC=C2Br)C(=O)O1. The van der Waals surface area contributed by atoms with E-state index in [1.165, 1.54) is 0 Å². The molecule has 1 aliphatic heterocycles. The molecule has 0 bridgehead atoms. The first-order chi connectivity index (χ1) is 11.1. The molecule has 3 rings (SSSR count). The van der Waals surface area contributed by atoms with Gasteiger partial charge in [-0.05, 0) is 44.4 Å². The summed E-state index contributed by atoms with van der Waals surface area (Å²) in [7, 11) is 0. The third-order valence-corrected chi connectivity index (χ3v) is 5.30. The molecular weight excluding hydrogens is 364 g/mol. The van der Waals surface area contributed by atoms with Crippen molar-refractivity contribution < 1.29 is 23.5 Å². The van der Waals surface area contributed by atoms with Crippen molar-refractivity contribution in [1.82, 2.24) is 0 Å². The first-order valence-electron chi connectivity index (χ1n) is 7.60. The molecule has 0 unspecified atom stereocenters. The number of halogens is 1. The fourth-order valence-electron chi connectivity index (χ4n) is 3.17. The number of rotatable bonds is 3. The van der Waals surface area contributed by atoms with Gasteiger partial charge in [0, 0.05) is 4.48 Å². The van der Waals surface area contributed by atoms with Gasteiger partial charge in [-0.25, -0.2) is 4.79 Å². The molecule has 1 aromatic rings. The van der Waals surface area contributed by atoms with Gasteiger partial charge in [-0.2, -0.15) is 0 Å². The van der Waals surface area contributed by atoms with Gasteiger partial charge in [0.1, 0.15) is 11.2 Å². The topological polar surface area (TPSA) is 65.7 Å². The molecule has 0 radical (unpaired) electrons. The molecular formula is C17H17BrO5. The Kier molecular flexibility index (Phi) is 4.43. The third-order valence-electron chi connectivity index (χ3n) is 4.27. The van der Waals surface area contributed by atoms with Crippen molar-refractivity contribution in [2.24, 2.45) is 5.41 Å². The summed E-state index contributed by atoms with van der Waals surface area (Å²) < 4.78 is 16.6. The summed E-state index contributed by atoms with van der Waals surface area (Å²) in [5, 5.41) is 0. The molecule has 0 saturated carbocycles. The van der Waals surface area contributed by atoms with Crippen molar-refractivity contribution >= 4 is 27.9 Å². The van der Waals surface area contributed by atoms with Crippen LogP contribution in [0.5, 0.6) is 0 Å². The highest BCUT2D eigenvalue weighted by atomic mass is 79.9. The Morgan fingerprint density at radius 3 is 3.00 bits per heavy atom. The first kappa shape index (κ1) is 16.1. The molecule has 2 aliphatic rings. The van der Waals surface area contributed by atoms with E-state index in [1.54, 1.807) is 31.4 Å². The van der Waals surface area contributed by atoms with Crippen LogP contribution in [0.15, 0.2) is 45.2 Å². The van der Waals surface area contributed by atoms with Crippen LogP contribution in [0.25, 0.3) is 0 Å². The zero-order valence-electron chi connectivity index (χ0n) is 12.7. The fraction of sp³-hybridized carbons (Fsp3) is 0.412. The minimum atomic E-state index is -0.883. The van der Waals surface area contributed by atoms with E-state index in [0.29, 0.717) is 12.2 Å². The summed E-state index contributed by atoms with van der Waals surface area (Å²) in [5.41, 5.74) is -0.883.